The van der Waals surface area contributed by atoms with Gasteiger partial charge in [-0.15, -0.1) is 0 Å². The van der Waals surface area contributed by atoms with Crippen molar-refractivity contribution in [1.29, 1.82) is 0 Å². The van der Waals surface area contributed by atoms with Crippen LogP contribution in [0.5, 0.6) is 5.75 Å². The standard InChI is InChI=1S/C21H23N3O5S/c1-4-30(28,29)14-9-10-18(25)17(11-14)22-20(26)19-15-7-5-6-8-16(15)21(27)24(23-19)12-13(2)3/h5-11,13,25H,4,12H2,1-3H3,(H,22,26). The van der Waals surface area contributed by atoms with E-state index in [1.54, 1.807) is 24.3 Å². The first-order valence-corrected chi connectivity index (χ1v) is 11.2. The molecule has 0 aliphatic rings. The lowest BCUT2D eigenvalue weighted by molar-refractivity contribution is 0.102. The lowest BCUT2D eigenvalue weighted by Gasteiger charge is -2.13. The van der Waals surface area contributed by atoms with Gasteiger partial charge in [-0.2, -0.15) is 5.10 Å². The fourth-order valence-corrected chi connectivity index (χ4v) is 3.94. The number of aromatic nitrogens is 2. The molecule has 0 bridgehead atoms. The van der Waals surface area contributed by atoms with Gasteiger partial charge in [0.25, 0.3) is 11.5 Å². The average molecular weight is 429 g/mol. The number of carbonyl (C=O) groups excluding carboxylic acids is 1. The predicted octanol–water partition coefficient (Wildman–Crippen LogP) is 2.80. The number of fused-ring (bicyclic) bond motifs is 1. The zero-order chi connectivity index (χ0) is 22.1. The maximum Gasteiger partial charge on any atom is 0.276 e. The highest BCUT2D eigenvalue weighted by Crippen LogP contribution is 2.28. The van der Waals surface area contributed by atoms with Gasteiger partial charge in [0.05, 0.1) is 21.7 Å². The summed E-state index contributed by atoms with van der Waals surface area (Å²) >= 11 is 0. The van der Waals surface area contributed by atoms with Crippen molar-refractivity contribution in [2.75, 3.05) is 11.1 Å². The lowest BCUT2D eigenvalue weighted by atomic mass is 10.1. The van der Waals surface area contributed by atoms with Gasteiger partial charge in [-0.25, -0.2) is 13.1 Å². The van der Waals surface area contributed by atoms with Gasteiger partial charge in [0.15, 0.2) is 15.5 Å². The van der Waals surface area contributed by atoms with E-state index in [0.29, 0.717) is 17.3 Å². The summed E-state index contributed by atoms with van der Waals surface area (Å²) in [4.78, 5) is 25.7. The molecule has 0 spiro atoms. The quantitative estimate of drug-likeness (QED) is 0.582. The second-order valence-electron chi connectivity index (χ2n) is 7.31. The summed E-state index contributed by atoms with van der Waals surface area (Å²) in [5, 5.41) is 17.6. The highest BCUT2D eigenvalue weighted by Gasteiger charge is 2.20. The molecule has 1 aromatic heterocycles. The minimum absolute atomic E-state index is 0.00833. The van der Waals surface area contributed by atoms with Crippen LogP contribution in [0.1, 0.15) is 31.3 Å². The number of phenolic OH excluding ortho intramolecular Hbond substituents is 1. The molecule has 2 aromatic carbocycles. The number of sulfone groups is 1. The molecule has 8 nitrogen and oxygen atoms in total. The summed E-state index contributed by atoms with van der Waals surface area (Å²) in [5.74, 6) is -0.923. The second-order valence-corrected chi connectivity index (χ2v) is 9.59. The molecule has 158 valence electrons. The maximum absolute atomic E-state index is 13.0. The third-order valence-corrected chi connectivity index (χ3v) is 6.31. The summed E-state index contributed by atoms with van der Waals surface area (Å²) < 4.78 is 25.5. The van der Waals surface area contributed by atoms with Crippen LogP contribution in [0.25, 0.3) is 10.8 Å². The van der Waals surface area contributed by atoms with Crippen LogP contribution in [0.3, 0.4) is 0 Å². The summed E-state index contributed by atoms with van der Waals surface area (Å²) in [7, 11) is -3.52. The summed E-state index contributed by atoms with van der Waals surface area (Å²) in [5.41, 5.74) is -0.342. The van der Waals surface area contributed by atoms with Crippen molar-refractivity contribution in [3.8, 4) is 5.75 Å². The minimum atomic E-state index is -3.52. The fourth-order valence-electron chi connectivity index (χ4n) is 3.03. The molecule has 0 fully saturated rings. The van der Waals surface area contributed by atoms with Crippen molar-refractivity contribution in [2.45, 2.75) is 32.2 Å². The molecule has 3 aromatic rings. The van der Waals surface area contributed by atoms with E-state index in [2.05, 4.69) is 10.4 Å². The smallest absolute Gasteiger partial charge is 0.276 e. The first kappa shape index (κ1) is 21.5. The van der Waals surface area contributed by atoms with Gasteiger partial charge < -0.3 is 10.4 Å². The van der Waals surface area contributed by atoms with Crippen molar-refractivity contribution >= 4 is 32.2 Å². The van der Waals surface area contributed by atoms with Crippen LogP contribution >= 0.6 is 0 Å². The first-order valence-electron chi connectivity index (χ1n) is 9.51. The van der Waals surface area contributed by atoms with E-state index in [4.69, 9.17) is 0 Å². The van der Waals surface area contributed by atoms with Crippen LogP contribution < -0.4 is 10.9 Å². The third kappa shape index (κ3) is 4.20. The predicted molar refractivity (Wildman–Crippen MR) is 115 cm³/mol. The summed E-state index contributed by atoms with van der Waals surface area (Å²) in [6.45, 7) is 5.70. The van der Waals surface area contributed by atoms with Gasteiger partial charge in [0, 0.05) is 11.9 Å². The Morgan fingerprint density at radius 1 is 1.17 bits per heavy atom. The number of hydrogen-bond donors (Lipinski definition) is 2. The second kappa shape index (κ2) is 8.27. The Morgan fingerprint density at radius 3 is 2.47 bits per heavy atom. The van der Waals surface area contributed by atoms with E-state index >= 15 is 0 Å². The van der Waals surface area contributed by atoms with E-state index in [0.717, 1.165) is 0 Å². The highest BCUT2D eigenvalue weighted by atomic mass is 32.2. The molecule has 2 N–H and O–H groups in total. The Labute approximate surface area is 174 Å². The molecule has 30 heavy (non-hydrogen) atoms. The zero-order valence-electron chi connectivity index (χ0n) is 16.9. The number of carbonyl (C=O) groups is 1. The van der Waals surface area contributed by atoms with Crippen LogP contribution in [0.4, 0.5) is 5.69 Å². The van der Waals surface area contributed by atoms with E-state index in [9.17, 15) is 23.1 Å². The largest absolute Gasteiger partial charge is 0.506 e. The van der Waals surface area contributed by atoms with Gasteiger partial charge in [-0.3, -0.25) is 9.59 Å². The van der Waals surface area contributed by atoms with E-state index in [1.807, 2.05) is 13.8 Å². The molecule has 0 aliphatic heterocycles. The van der Waals surface area contributed by atoms with Crippen LogP contribution in [-0.2, 0) is 16.4 Å². The SMILES string of the molecule is CCS(=O)(=O)c1ccc(O)c(NC(=O)c2nn(CC(C)C)c(=O)c3ccccc23)c1. The zero-order valence-corrected chi connectivity index (χ0v) is 17.7. The Hall–Kier alpha value is -3.20. The molecule has 0 saturated carbocycles. The van der Waals surface area contributed by atoms with Crippen molar-refractivity contribution in [2.24, 2.45) is 5.92 Å². The molecule has 0 aliphatic carbocycles. The van der Waals surface area contributed by atoms with Crippen LogP contribution in [0.15, 0.2) is 52.2 Å². The number of nitrogens with zero attached hydrogens (tertiary/aromatic N) is 2. The lowest BCUT2D eigenvalue weighted by Crippen LogP contribution is -2.29. The molecular formula is C21H23N3O5S. The number of aromatic hydroxyl groups is 1. The maximum atomic E-state index is 13.0. The molecule has 0 saturated heterocycles. The molecule has 0 atom stereocenters. The van der Waals surface area contributed by atoms with Crippen molar-refractivity contribution in [3.05, 3.63) is 58.5 Å². The topological polar surface area (TPSA) is 118 Å². The van der Waals surface area contributed by atoms with E-state index in [1.165, 1.54) is 29.8 Å². The number of anilines is 1. The van der Waals surface area contributed by atoms with Crippen molar-refractivity contribution in [3.63, 3.8) is 0 Å². The molecule has 3 rings (SSSR count). The molecule has 1 amide bonds. The first-order chi connectivity index (χ1) is 14.1. The van der Waals surface area contributed by atoms with Crippen LogP contribution in [0, 0.1) is 5.92 Å². The molecular weight excluding hydrogens is 406 g/mol. The number of hydrogen-bond acceptors (Lipinski definition) is 6. The Kier molecular flexibility index (Phi) is 5.93. The molecule has 0 unspecified atom stereocenters. The molecule has 1 heterocycles. The highest BCUT2D eigenvalue weighted by molar-refractivity contribution is 7.91. The van der Waals surface area contributed by atoms with Crippen LogP contribution in [0.2, 0.25) is 0 Å². The molecule has 9 heteroatoms. The fraction of sp³-hybridized carbons (Fsp3) is 0.286. The summed E-state index contributed by atoms with van der Waals surface area (Å²) in [6.07, 6.45) is 0. The molecule has 0 radical (unpaired) electrons. The Morgan fingerprint density at radius 2 is 1.83 bits per heavy atom. The van der Waals surface area contributed by atoms with Crippen molar-refractivity contribution in [1.82, 2.24) is 9.78 Å². The van der Waals surface area contributed by atoms with E-state index < -0.39 is 15.7 Å². The number of rotatable bonds is 6. The van der Waals surface area contributed by atoms with Gasteiger partial charge in [0.2, 0.25) is 0 Å². The summed E-state index contributed by atoms with van der Waals surface area (Å²) in [6, 6.07) is 10.3. The van der Waals surface area contributed by atoms with Gasteiger partial charge >= 0.3 is 0 Å². The number of phenols is 1. The van der Waals surface area contributed by atoms with E-state index in [-0.39, 0.29) is 39.3 Å². The number of nitrogens with one attached hydrogen (secondary N) is 1. The van der Waals surface area contributed by atoms with Crippen LogP contribution in [-0.4, -0.2) is 35.0 Å². The normalized spacial score (nSPS) is 11.7. The van der Waals surface area contributed by atoms with Gasteiger partial charge in [-0.1, -0.05) is 39.0 Å². The minimum Gasteiger partial charge on any atom is -0.506 e. The monoisotopic (exact) mass is 429 g/mol. The van der Waals surface area contributed by atoms with Gasteiger partial charge in [0.1, 0.15) is 5.75 Å². The van der Waals surface area contributed by atoms with Gasteiger partial charge in [-0.05, 0) is 30.2 Å². The van der Waals surface area contributed by atoms with Crippen molar-refractivity contribution < 1.29 is 18.3 Å². The number of benzene rings is 2. The third-order valence-electron chi connectivity index (χ3n) is 4.58. The Bertz CT molecular complexity index is 1280. The Balaban J connectivity index is 2.09. The average Bonchev–Trinajstić information content (AvgIpc) is 2.71. The number of amides is 1.